The van der Waals surface area contributed by atoms with E-state index in [-0.39, 0.29) is 11.4 Å². The average Bonchev–Trinajstić information content (AvgIpc) is 2.69. The van der Waals surface area contributed by atoms with E-state index >= 15 is 0 Å². The van der Waals surface area contributed by atoms with Crippen LogP contribution in [0.15, 0.2) is 35.7 Å². The van der Waals surface area contributed by atoms with Crippen LogP contribution in [0.3, 0.4) is 0 Å². The third-order valence-corrected chi connectivity index (χ3v) is 3.98. The van der Waals surface area contributed by atoms with Crippen LogP contribution in [0.25, 0.3) is 0 Å². The van der Waals surface area contributed by atoms with Gasteiger partial charge in [-0.15, -0.1) is 0 Å². The van der Waals surface area contributed by atoms with Gasteiger partial charge in [0, 0.05) is 23.2 Å². The smallest absolute Gasteiger partial charge is 0.319 e. The van der Waals surface area contributed by atoms with Crippen molar-refractivity contribution in [2.24, 2.45) is 0 Å². The number of carbonyl (C=O) groups excluding carboxylic acids is 1. The number of hydrogen-bond acceptors (Lipinski definition) is 5. The first kappa shape index (κ1) is 14.0. The number of nitro benzene ring substituents is 1. The van der Waals surface area contributed by atoms with E-state index in [0.717, 1.165) is 5.41 Å². The molecule has 2 rings (SSSR count). The van der Waals surface area contributed by atoms with Crippen molar-refractivity contribution >= 4 is 27.2 Å². The van der Waals surface area contributed by atoms with Crippen LogP contribution in [0.1, 0.15) is 0 Å². The van der Waals surface area contributed by atoms with E-state index in [2.05, 4.69) is 10.6 Å². The molecule has 0 aromatic heterocycles. The number of hydrogen-bond donors (Lipinski definition) is 2. The summed E-state index contributed by atoms with van der Waals surface area (Å²) in [6, 6.07) is 4.15. The van der Waals surface area contributed by atoms with Crippen molar-refractivity contribution in [1.82, 2.24) is 5.32 Å². The fourth-order valence-electron chi connectivity index (χ4n) is 1.67. The molecule has 0 saturated carbocycles. The van der Waals surface area contributed by atoms with Gasteiger partial charge in [-0.1, -0.05) is 0 Å². The molecule has 1 aliphatic heterocycles. The van der Waals surface area contributed by atoms with Gasteiger partial charge in [-0.3, -0.25) is 10.1 Å². The first-order valence-electron chi connectivity index (χ1n) is 5.59. The Kier molecular flexibility index (Phi) is 3.70. The Bertz CT molecular complexity index is 666. The Morgan fingerprint density at radius 1 is 1.30 bits per heavy atom. The molecule has 8 nitrogen and oxygen atoms in total. The van der Waals surface area contributed by atoms with E-state index in [1.807, 2.05) is 0 Å². The van der Waals surface area contributed by atoms with Crippen LogP contribution in [0.4, 0.5) is 16.2 Å². The molecule has 0 spiro atoms. The number of nitro groups is 1. The molecule has 106 valence electrons. The summed E-state index contributed by atoms with van der Waals surface area (Å²) in [5.41, 5.74) is 0.290. The van der Waals surface area contributed by atoms with Gasteiger partial charge in [0.05, 0.1) is 16.7 Å². The summed E-state index contributed by atoms with van der Waals surface area (Å²) in [4.78, 5) is 21.5. The first-order valence-corrected chi connectivity index (χ1v) is 7.30. The van der Waals surface area contributed by atoms with Crippen molar-refractivity contribution in [2.75, 3.05) is 11.1 Å². The van der Waals surface area contributed by atoms with Crippen molar-refractivity contribution in [3.05, 3.63) is 45.9 Å². The summed E-state index contributed by atoms with van der Waals surface area (Å²) in [6.07, 6.45) is 1.39. The summed E-state index contributed by atoms with van der Waals surface area (Å²) in [7, 11) is -3.23. The molecule has 1 aromatic carbocycles. The lowest BCUT2D eigenvalue weighted by Gasteiger charge is -2.11. The van der Waals surface area contributed by atoms with Crippen LogP contribution in [0.2, 0.25) is 0 Å². The molecule has 20 heavy (non-hydrogen) atoms. The van der Waals surface area contributed by atoms with E-state index in [1.165, 1.54) is 30.3 Å². The topological polar surface area (TPSA) is 118 Å². The number of anilines is 1. The lowest BCUT2D eigenvalue weighted by molar-refractivity contribution is -0.384. The van der Waals surface area contributed by atoms with Crippen molar-refractivity contribution in [3.63, 3.8) is 0 Å². The van der Waals surface area contributed by atoms with Crippen LogP contribution < -0.4 is 10.6 Å². The van der Waals surface area contributed by atoms with Crippen molar-refractivity contribution in [1.29, 1.82) is 0 Å². The molecular weight excluding hydrogens is 286 g/mol. The zero-order valence-corrected chi connectivity index (χ0v) is 11.0. The zero-order chi connectivity index (χ0) is 14.8. The average molecular weight is 297 g/mol. The van der Waals surface area contributed by atoms with E-state index in [4.69, 9.17) is 0 Å². The summed E-state index contributed by atoms with van der Waals surface area (Å²) in [6.45, 7) is 0. The predicted octanol–water partition coefficient (Wildman–Crippen LogP) is 1.03. The van der Waals surface area contributed by atoms with Gasteiger partial charge < -0.3 is 10.6 Å². The Hall–Kier alpha value is -2.42. The Morgan fingerprint density at radius 2 is 1.95 bits per heavy atom. The number of rotatable bonds is 3. The molecule has 2 N–H and O–H groups in total. The lowest BCUT2D eigenvalue weighted by Crippen LogP contribution is -2.38. The molecule has 0 radical (unpaired) electrons. The highest BCUT2D eigenvalue weighted by Gasteiger charge is 2.22. The number of nitrogens with one attached hydrogen (secondary N) is 2. The molecule has 0 fully saturated rings. The number of sulfone groups is 1. The quantitative estimate of drug-likeness (QED) is 0.638. The number of amides is 2. The second-order valence-corrected chi connectivity index (χ2v) is 6.10. The Morgan fingerprint density at radius 3 is 2.45 bits per heavy atom. The van der Waals surface area contributed by atoms with E-state index in [9.17, 15) is 23.3 Å². The first-order chi connectivity index (χ1) is 9.35. The van der Waals surface area contributed by atoms with Crippen molar-refractivity contribution in [3.8, 4) is 0 Å². The van der Waals surface area contributed by atoms with Crippen molar-refractivity contribution < 1.29 is 18.1 Å². The van der Waals surface area contributed by atoms with Gasteiger partial charge in [0.25, 0.3) is 5.69 Å². The second kappa shape index (κ2) is 5.29. The summed E-state index contributed by atoms with van der Waals surface area (Å²) in [5, 5.41) is 16.5. The second-order valence-electron chi connectivity index (χ2n) is 4.17. The third-order valence-electron chi connectivity index (χ3n) is 2.58. The van der Waals surface area contributed by atoms with Gasteiger partial charge in [0.15, 0.2) is 9.84 Å². The van der Waals surface area contributed by atoms with Gasteiger partial charge in [-0.2, -0.15) is 0 Å². The highest BCUT2D eigenvalue weighted by Crippen LogP contribution is 2.15. The highest BCUT2D eigenvalue weighted by atomic mass is 32.2. The summed E-state index contributed by atoms with van der Waals surface area (Å²) in [5.74, 6) is -0.166. The third kappa shape index (κ3) is 3.54. The van der Waals surface area contributed by atoms with E-state index in [1.54, 1.807) is 0 Å². The molecule has 1 aromatic rings. The molecule has 1 aliphatic rings. The summed E-state index contributed by atoms with van der Waals surface area (Å²) < 4.78 is 22.3. The van der Waals surface area contributed by atoms with Crippen LogP contribution in [-0.2, 0) is 9.84 Å². The maximum absolute atomic E-state index is 11.6. The minimum atomic E-state index is -3.23. The van der Waals surface area contributed by atoms with Gasteiger partial charge in [0.1, 0.15) is 0 Å². The van der Waals surface area contributed by atoms with E-state index in [0.29, 0.717) is 5.69 Å². The standard InChI is InChI=1S/C11H11N3O5S/c15-11(13-9-5-6-20(18,19)7-9)12-8-1-3-10(4-2-8)14(16)17/h1-6,9H,7H2,(H2,12,13,15). The normalized spacial score (nSPS) is 19.5. The molecule has 9 heteroatoms. The van der Waals surface area contributed by atoms with Gasteiger partial charge in [-0.25, -0.2) is 13.2 Å². The molecular formula is C11H11N3O5S. The number of non-ortho nitro benzene ring substituents is 1. The fraction of sp³-hybridized carbons (Fsp3) is 0.182. The molecule has 0 saturated heterocycles. The number of urea groups is 1. The molecule has 0 aliphatic carbocycles. The fourth-order valence-corrected chi connectivity index (χ4v) is 2.90. The van der Waals surface area contributed by atoms with Crippen LogP contribution in [0.5, 0.6) is 0 Å². The highest BCUT2D eigenvalue weighted by molar-refractivity contribution is 7.94. The minimum Gasteiger partial charge on any atom is -0.331 e. The number of benzene rings is 1. The lowest BCUT2D eigenvalue weighted by atomic mass is 10.3. The molecule has 1 atom stereocenters. The molecule has 2 amide bonds. The minimum absolute atomic E-state index is 0.0826. The maximum atomic E-state index is 11.6. The van der Waals surface area contributed by atoms with Crippen LogP contribution >= 0.6 is 0 Å². The molecule has 1 heterocycles. The van der Waals surface area contributed by atoms with Crippen LogP contribution in [0, 0.1) is 10.1 Å². The zero-order valence-electron chi connectivity index (χ0n) is 10.1. The number of nitrogens with zero attached hydrogens (tertiary/aromatic N) is 1. The van der Waals surface area contributed by atoms with Gasteiger partial charge >= 0.3 is 6.03 Å². The largest absolute Gasteiger partial charge is 0.331 e. The summed E-state index contributed by atoms with van der Waals surface area (Å²) >= 11 is 0. The van der Waals surface area contributed by atoms with Gasteiger partial charge in [0.2, 0.25) is 0 Å². The maximum Gasteiger partial charge on any atom is 0.319 e. The molecule has 1 unspecified atom stereocenters. The predicted molar refractivity (Wildman–Crippen MR) is 72.0 cm³/mol. The van der Waals surface area contributed by atoms with E-state index < -0.39 is 26.8 Å². The Balaban J connectivity index is 1.92. The van der Waals surface area contributed by atoms with Crippen LogP contribution in [-0.4, -0.2) is 31.2 Å². The Labute approximate surface area is 114 Å². The molecule has 0 bridgehead atoms. The van der Waals surface area contributed by atoms with Gasteiger partial charge in [-0.05, 0) is 18.2 Å². The SMILES string of the molecule is O=C(Nc1ccc([N+](=O)[O-])cc1)NC1C=CS(=O)(=O)C1. The monoisotopic (exact) mass is 297 g/mol. The van der Waals surface area contributed by atoms with Crippen molar-refractivity contribution in [2.45, 2.75) is 6.04 Å². The number of carbonyl (C=O) groups is 1.